The molecule has 0 bridgehead atoms. The lowest BCUT2D eigenvalue weighted by Crippen LogP contribution is -2.03. The molecule has 3 aromatic carbocycles. The third kappa shape index (κ3) is 2.58. The summed E-state index contributed by atoms with van der Waals surface area (Å²) in [6.45, 7) is 5.82. The van der Waals surface area contributed by atoms with Crippen LogP contribution in [0.3, 0.4) is 0 Å². The van der Waals surface area contributed by atoms with Gasteiger partial charge in [-0.2, -0.15) is 0 Å². The standard InChI is InChI=1S/C21H17FO2/c1-3-13-7-6-10-17-14(4-2)12-18(21(23)24)20(19(13)17)15-8-5-9-16(22)11-15/h4-12H,2-3H2,1H3,(H,23,24). The first-order valence-corrected chi connectivity index (χ1v) is 7.77. The Kier molecular flexibility index (Phi) is 4.17. The van der Waals surface area contributed by atoms with Crippen LogP contribution in [0.5, 0.6) is 0 Å². The molecule has 0 aliphatic heterocycles. The molecule has 1 N–H and O–H groups in total. The number of benzene rings is 3. The van der Waals surface area contributed by atoms with Crippen LogP contribution in [0.15, 0.2) is 55.1 Å². The Bertz CT molecular complexity index is 957. The van der Waals surface area contributed by atoms with E-state index in [9.17, 15) is 14.3 Å². The maximum absolute atomic E-state index is 13.8. The zero-order chi connectivity index (χ0) is 17.3. The minimum absolute atomic E-state index is 0.156. The Balaban J connectivity index is 2.56. The van der Waals surface area contributed by atoms with Gasteiger partial charge in [0.05, 0.1) is 5.56 Å². The third-order valence-corrected chi connectivity index (χ3v) is 4.23. The molecule has 0 aliphatic rings. The predicted octanol–water partition coefficient (Wildman–Crippen LogP) is 5.55. The quantitative estimate of drug-likeness (QED) is 0.684. The lowest BCUT2D eigenvalue weighted by Gasteiger charge is -2.16. The Labute approximate surface area is 139 Å². The SMILES string of the molecule is C=Cc1cc(C(=O)O)c(-c2cccc(F)c2)c2c(CC)cccc12. The number of aryl methyl sites for hydroxylation is 1. The number of hydrogen-bond acceptors (Lipinski definition) is 1. The van der Waals surface area contributed by atoms with Crippen molar-refractivity contribution in [3.8, 4) is 11.1 Å². The fourth-order valence-corrected chi connectivity index (χ4v) is 3.15. The maximum Gasteiger partial charge on any atom is 0.336 e. The van der Waals surface area contributed by atoms with Gasteiger partial charge < -0.3 is 5.11 Å². The van der Waals surface area contributed by atoms with E-state index >= 15 is 0 Å². The van der Waals surface area contributed by atoms with E-state index in [1.54, 1.807) is 24.3 Å². The molecule has 3 heteroatoms. The van der Waals surface area contributed by atoms with Crippen LogP contribution in [-0.4, -0.2) is 11.1 Å². The van der Waals surface area contributed by atoms with Crippen molar-refractivity contribution in [2.45, 2.75) is 13.3 Å². The summed E-state index contributed by atoms with van der Waals surface area (Å²) < 4.78 is 13.8. The number of carboxylic acids is 1. The van der Waals surface area contributed by atoms with Gasteiger partial charge in [-0.1, -0.05) is 49.9 Å². The van der Waals surface area contributed by atoms with Crippen LogP contribution in [0.4, 0.5) is 4.39 Å². The molecule has 3 rings (SSSR count). The van der Waals surface area contributed by atoms with Gasteiger partial charge in [-0.3, -0.25) is 0 Å². The van der Waals surface area contributed by atoms with E-state index in [1.165, 1.54) is 12.1 Å². The molecule has 0 aromatic heterocycles. The highest BCUT2D eigenvalue weighted by Gasteiger charge is 2.19. The first-order chi connectivity index (χ1) is 11.6. The van der Waals surface area contributed by atoms with Gasteiger partial charge in [0.15, 0.2) is 0 Å². The van der Waals surface area contributed by atoms with Crippen LogP contribution in [0.1, 0.15) is 28.4 Å². The van der Waals surface area contributed by atoms with Crippen molar-refractivity contribution in [2.75, 3.05) is 0 Å². The third-order valence-electron chi connectivity index (χ3n) is 4.23. The summed E-state index contributed by atoms with van der Waals surface area (Å²) in [4.78, 5) is 11.9. The predicted molar refractivity (Wildman–Crippen MR) is 95.8 cm³/mol. The molecule has 3 aromatic rings. The van der Waals surface area contributed by atoms with Crippen molar-refractivity contribution in [3.63, 3.8) is 0 Å². The average molecular weight is 320 g/mol. The van der Waals surface area contributed by atoms with Crippen molar-refractivity contribution < 1.29 is 14.3 Å². The zero-order valence-electron chi connectivity index (χ0n) is 13.3. The number of carboxylic acid groups (broad SMARTS) is 1. The van der Waals surface area contributed by atoms with Gasteiger partial charge in [0, 0.05) is 5.56 Å². The second kappa shape index (κ2) is 6.28. The molecule has 0 atom stereocenters. The van der Waals surface area contributed by atoms with Crippen LogP contribution < -0.4 is 0 Å². The van der Waals surface area contributed by atoms with Gasteiger partial charge in [0.2, 0.25) is 0 Å². The minimum Gasteiger partial charge on any atom is -0.478 e. The summed E-state index contributed by atoms with van der Waals surface area (Å²) in [5, 5.41) is 11.5. The van der Waals surface area contributed by atoms with Crippen LogP contribution >= 0.6 is 0 Å². The lowest BCUT2D eigenvalue weighted by molar-refractivity contribution is 0.0698. The summed E-state index contributed by atoms with van der Waals surface area (Å²) in [6.07, 6.45) is 2.41. The topological polar surface area (TPSA) is 37.3 Å². The Morgan fingerprint density at radius 1 is 1.21 bits per heavy atom. The first-order valence-electron chi connectivity index (χ1n) is 7.77. The normalized spacial score (nSPS) is 10.8. The number of hydrogen-bond donors (Lipinski definition) is 1. The highest BCUT2D eigenvalue weighted by atomic mass is 19.1. The van der Waals surface area contributed by atoms with E-state index in [4.69, 9.17) is 0 Å². The largest absolute Gasteiger partial charge is 0.478 e. The molecule has 0 amide bonds. The number of halogens is 1. The average Bonchev–Trinajstić information content (AvgIpc) is 2.59. The van der Waals surface area contributed by atoms with E-state index in [1.807, 2.05) is 25.1 Å². The number of carbonyl (C=O) groups is 1. The molecule has 0 unspecified atom stereocenters. The molecule has 0 spiro atoms. The van der Waals surface area contributed by atoms with Crippen molar-refractivity contribution in [3.05, 3.63) is 77.6 Å². The summed E-state index contributed by atoms with van der Waals surface area (Å²) in [7, 11) is 0. The van der Waals surface area contributed by atoms with Crippen LogP contribution in [0.2, 0.25) is 0 Å². The fraction of sp³-hybridized carbons (Fsp3) is 0.0952. The van der Waals surface area contributed by atoms with Crippen molar-refractivity contribution in [2.24, 2.45) is 0 Å². The fourth-order valence-electron chi connectivity index (χ4n) is 3.15. The van der Waals surface area contributed by atoms with E-state index in [0.29, 0.717) is 11.1 Å². The summed E-state index contributed by atoms with van der Waals surface area (Å²) in [5.41, 5.74) is 3.06. The van der Waals surface area contributed by atoms with E-state index in [2.05, 4.69) is 6.58 Å². The van der Waals surface area contributed by atoms with Gasteiger partial charge >= 0.3 is 5.97 Å². The molecule has 0 saturated carbocycles. The lowest BCUT2D eigenvalue weighted by atomic mass is 9.87. The first kappa shape index (κ1) is 15.9. The molecule has 120 valence electrons. The van der Waals surface area contributed by atoms with E-state index in [0.717, 1.165) is 28.3 Å². The summed E-state index contributed by atoms with van der Waals surface area (Å²) in [5.74, 6) is -1.43. The number of fused-ring (bicyclic) bond motifs is 1. The second-order valence-corrected chi connectivity index (χ2v) is 5.60. The van der Waals surface area contributed by atoms with Crippen molar-refractivity contribution in [1.29, 1.82) is 0 Å². The second-order valence-electron chi connectivity index (χ2n) is 5.60. The highest BCUT2D eigenvalue weighted by Crippen LogP contribution is 2.37. The summed E-state index contributed by atoms with van der Waals surface area (Å²) in [6, 6.07) is 13.5. The Morgan fingerprint density at radius 2 is 1.96 bits per heavy atom. The molecule has 0 radical (unpaired) electrons. The monoisotopic (exact) mass is 320 g/mol. The maximum atomic E-state index is 13.8. The van der Waals surface area contributed by atoms with Crippen LogP contribution in [-0.2, 0) is 6.42 Å². The molecule has 2 nitrogen and oxygen atoms in total. The van der Waals surface area contributed by atoms with Crippen LogP contribution in [0.25, 0.3) is 28.0 Å². The van der Waals surface area contributed by atoms with Gasteiger partial charge in [-0.25, -0.2) is 9.18 Å². The van der Waals surface area contributed by atoms with Gasteiger partial charge in [0.1, 0.15) is 5.82 Å². The molecule has 0 aliphatic carbocycles. The molecule has 0 fully saturated rings. The van der Waals surface area contributed by atoms with Crippen molar-refractivity contribution in [1.82, 2.24) is 0 Å². The molecule has 0 heterocycles. The van der Waals surface area contributed by atoms with E-state index < -0.39 is 11.8 Å². The molecular weight excluding hydrogens is 303 g/mol. The number of aromatic carboxylic acids is 1. The minimum atomic E-state index is -1.04. The Morgan fingerprint density at radius 3 is 2.58 bits per heavy atom. The zero-order valence-corrected chi connectivity index (χ0v) is 13.3. The van der Waals surface area contributed by atoms with Crippen molar-refractivity contribution >= 4 is 22.8 Å². The van der Waals surface area contributed by atoms with Crippen LogP contribution in [0, 0.1) is 5.82 Å². The molecule has 24 heavy (non-hydrogen) atoms. The van der Waals surface area contributed by atoms with Gasteiger partial charge in [-0.05, 0) is 52.1 Å². The Hall–Kier alpha value is -2.94. The highest BCUT2D eigenvalue weighted by molar-refractivity contribution is 6.11. The smallest absolute Gasteiger partial charge is 0.336 e. The molecular formula is C21H17FO2. The van der Waals surface area contributed by atoms with Gasteiger partial charge in [0.25, 0.3) is 0 Å². The molecule has 0 saturated heterocycles. The number of rotatable bonds is 4. The van der Waals surface area contributed by atoms with E-state index in [-0.39, 0.29) is 5.56 Å². The van der Waals surface area contributed by atoms with Gasteiger partial charge in [-0.15, -0.1) is 0 Å². The summed E-state index contributed by atoms with van der Waals surface area (Å²) >= 11 is 0.